The second kappa shape index (κ2) is 10.6. The summed E-state index contributed by atoms with van der Waals surface area (Å²) in [6, 6.07) is 6.33. The number of benzene rings is 1. The van der Waals surface area contributed by atoms with Crippen LogP contribution < -0.4 is 15.1 Å². The minimum atomic E-state index is -0.523. The van der Waals surface area contributed by atoms with E-state index in [1.807, 2.05) is 25.7 Å². The van der Waals surface area contributed by atoms with Crippen LogP contribution in [0.3, 0.4) is 0 Å². The minimum Gasteiger partial charge on any atom is -0.444 e. The average Bonchev–Trinajstić information content (AvgIpc) is 3.09. The van der Waals surface area contributed by atoms with Crippen molar-refractivity contribution in [1.29, 1.82) is 0 Å². The lowest BCUT2D eigenvalue weighted by molar-refractivity contribution is -0.126. The molecule has 1 fully saturated rings. The SMILES string of the molecule is CSc1ccc2c(c1)N(CCNC(=O)OC(C)(C)C)CN2C(=O)[C@@H]1C[C@H](C)CC[C@H]1C(C)C. The maximum atomic E-state index is 13.9. The van der Waals surface area contributed by atoms with Gasteiger partial charge in [0.25, 0.3) is 0 Å². The summed E-state index contributed by atoms with van der Waals surface area (Å²) in [5.41, 5.74) is 1.52. The van der Waals surface area contributed by atoms with Gasteiger partial charge in [0.1, 0.15) is 5.60 Å². The molecule has 7 heteroatoms. The van der Waals surface area contributed by atoms with Gasteiger partial charge in [-0.1, -0.05) is 27.2 Å². The fourth-order valence-corrected chi connectivity index (χ4v) is 5.54. The van der Waals surface area contributed by atoms with E-state index in [0.717, 1.165) is 24.2 Å². The lowest BCUT2D eigenvalue weighted by atomic mass is 9.69. The van der Waals surface area contributed by atoms with Crippen molar-refractivity contribution < 1.29 is 14.3 Å². The van der Waals surface area contributed by atoms with Crippen LogP contribution in [0.25, 0.3) is 0 Å². The van der Waals surface area contributed by atoms with Crippen LogP contribution in [0.5, 0.6) is 0 Å². The van der Waals surface area contributed by atoms with E-state index in [9.17, 15) is 9.59 Å². The van der Waals surface area contributed by atoms with Crippen molar-refractivity contribution in [3.05, 3.63) is 18.2 Å². The summed E-state index contributed by atoms with van der Waals surface area (Å²) in [4.78, 5) is 31.3. The van der Waals surface area contributed by atoms with E-state index in [2.05, 4.69) is 55.4 Å². The summed E-state index contributed by atoms with van der Waals surface area (Å²) in [5, 5.41) is 2.85. The van der Waals surface area contributed by atoms with Gasteiger partial charge in [-0.25, -0.2) is 4.79 Å². The zero-order chi connectivity index (χ0) is 24.3. The van der Waals surface area contributed by atoms with E-state index < -0.39 is 11.7 Å². The Hall–Kier alpha value is -1.89. The van der Waals surface area contributed by atoms with Crippen LogP contribution in [0, 0.1) is 23.7 Å². The molecular weight excluding hydrogens is 434 g/mol. The molecule has 3 atom stereocenters. The molecule has 0 bridgehead atoms. The average molecular weight is 476 g/mol. The first kappa shape index (κ1) is 25.7. The molecule has 0 unspecified atom stereocenters. The van der Waals surface area contributed by atoms with Gasteiger partial charge in [0.15, 0.2) is 0 Å². The first-order valence-electron chi connectivity index (χ1n) is 12.2. The summed E-state index contributed by atoms with van der Waals surface area (Å²) < 4.78 is 5.35. The molecule has 33 heavy (non-hydrogen) atoms. The third-order valence-corrected chi connectivity index (χ3v) is 7.51. The second-order valence-corrected chi connectivity index (χ2v) is 11.8. The van der Waals surface area contributed by atoms with Crippen molar-refractivity contribution in [2.75, 3.05) is 35.8 Å². The van der Waals surface area contributed by atoms with Crippen molar-refractivity contribution in [1.82, 2.24) is 5.32 Å². The van der Waals surface area contributed by atoms with Crippen molar-refractivity contribution in [3.63, 3.8) is 0 Å². The zero-order valence-electron chi connectivity index (χ0n) is 21.3. The van der Waals surface area contributed by atoms with E-state index in [0.29, 0.717) is 37.5 Å². The van der Waals surface area contributed by atoms with Gasteiger partial charge in [-0.15, -0.1) is 11.8 Å². The molecule has 0 radical (unpaired) electrons. The highest BCUT2D eigenvalue weighted by molar-refractivity contribution is 7.98. The van der Waals surface area contributed by atoms with Gasteiger partial charge in [0.05, 0.1) is 18.0 Å². The van der Waals surface area contributed by atoms with E-state index in [4.69, 9.17) is 4.74 Å². The summed E-state index contributed by atoms with van der Waals surface area (Å²) in [6.07, 6.45) is 4.96. The molecule has 2 aliphatic rings. The van der Waals surface area contributed by atoms with E-state index in [-0.39, 0.29) is 11.8 Å². The number of carbonyl (C=O) groups excluding carboxylic acids is 2. The Morgan fingerprint density at radius 1 is 1.21 bits per heavy atom. The smallest absolute Gasteiger partial charge is 0.407 e. The van der Waals surface area contributed by atoms with E-state index in [1.165, 1.54) is 11.3 Å². The van der Waals surface area contributed by atoms with Gasteiger partial charge in [-0.05, 0) is 75.8 Å². The fraction of sp³-hybridized carbons (Fsp3) is 0.692. The minimum absolute atomic E-state index is 0.0710. The molecule has 1 aromatic rings. The molecule has 1 aliphatic carbocycles. The molecule has 1 heterocycles. The topological polar surface area (TPSA) is 61.9 Å². The number of hydrogen-bond acceptors (Lipinski definition) is 5. The third-order valence-electron chi connectivity index (χ3n) is 6.78. The highest BCUT2D eigenvalue weighted by Crippen LogP contribution is 2.43. The zero-order valence-corrected chi connectivity index (χ0v) is 22.1. The van der Waals surface area contributed by atoms with Crippen LogP contribution in [-0.2, 0) is 9.53 Å². The molecular formula is C26H41N3O3S. The summed E-state index contributed by atoms with van der Waals surface area (Å²) >= 11 is 1.69. The number of hydrogen-bond donors (Lipinski definition) is 1. The number of fused-ring (bicyclic) bond motifs is 1. The highest BCUT2D eigenvalue weighted by Gasteiger charge is 2.40. The van der Waals surface area contributed by atoms with Crippen LogP contribution in [0.1, 0.15) is 60.8 Å². The number of nitrogens with zero attached hydrogens (tertiary/aromatic N) is 2. The molecule has 184 valence electrons. The molecule has 6 nitrogen and oxygen atoms in total. The summed E-state index contributed by atoms with van der Waals surface area (Å²) in [7, 11) is 0. The number of anilines is 2. The number of alkyl carbamates (subject to hydrolysis) is 1. The molecule has 0 aromatic heterocycles. The molecule has 0 spiro atoms. The quantitative estimate of drug-likeness (QED) is 0.531. The number of amides is 2. The Morgan fingerprint density at radius 3 is 2.58 bits per heavy atom. The summed E-state index contributed by atoms with van der Waals surface area (Å²) in [6.45, 7) is 13.9. The van der Waals surface area contributed by atoms with Crippen molar-refractivity contribution in [2.45, 2.75) is 71.3 Å². The monoisotopic (exact) mass is 475 g/mol. The van der Waals surface area contributed by atoms with Crippen LogP contribution in [-0.4, -0.2) is 43.6 Å². The number of rotatable bonds is 6. The van der Waals surface area contributed by atoms with Gasteiger partial charge in [0, 0.05) is 23.9 Å². The Bertz CT molecular complexity index is 852. The largest absolute Gasteiger partial charge is 0.444 e. The normalized spacial score (nSPS) is 23.0. The number of ether oxygens (including phenoxy) is 1. The van der Waals surface area contributed by atoms with E-state index in [1.54, 1.807) is 11.8 Å². The summed E-state index contributed by atoms with van der Waals surface area (Å²) in [5.74, 6) is 1.85. The van der Waals surface area contributed by atoms with E-state index >= 15 is 0 Å². The van der Waals surface area contributed by atoms with Crippen LogP contribution in [0.15, 0.2) is 23.1 Å². The first-order chi connectivity index (χ1) is 15.5. The third kappa shape index (κ3) is 6.37. The predicted octanol–water partition coefficient (Wildman–Crippen LogP) is 5.75. The van der Waals surface area contributed by atoms with Crippen molar-refractivity contribution >= 4 is 35.1 Å². The molecule has 1 aromatic carbocycles. The fourth-order valence-electron chi connectivity index (χ4n) is 5.11. The molecule has 1 N–H and O–H groups in total. The number of carbonyl (C=O) groups is 2. The van der Waals surface area contributed by atoms with Gasteiger partial charge < -0.3 is 15.0 Å². The van der Waals surface area contributed by atoms with Gasteiger partial charge in [0.2, 0.25) is 5.91 Å². The first-order valence-corrected chi connectivity index (χ1v) is 13.4. The standard InChI is InChI=1S/C26H41N3O3S/c1-17(2)20-10-8-18(3)14-21(20)24(30)29-16-28(13-12-27-25(31)32-26(4,5)6)23-15-19(33-7)9-11-22(23)29/h9,11,15,17-18,20-21H,8,10,12-14,16H2,1-7H3,(H,27,31)/t18-,20+,21-/m1/s1. The highest BCUT2D eigenvalue weighted by atomic mass is 32.2. The van der Waals surface area contributed by atoms with Crippen molar-refractivity contribution in [2.24, 2.45) is 23.7 Å². The maximum Gasteiger partial charge on any atom is 0.407 e. The molecule has 3 rings (SSSR count). The molecule has 2 amide bonds. The van der Waals surface area contributed by atoms with Crippen LogP contribution in [0.4, 0.5) is 16.2 Å². The molecule has 1 aliphatic heterocycles. The van der Waals surface area contributed by atoms with Crippen LogP contribution in [0.2, 0.25) is 0 Å². The maximum absolute atomic E-state index is 13.9. The lowest BCUT2D eigenvalue weighted by Gasteiger charge is -2.38. The number of nitrogens with one attached hydrogen (secondary N) is 1. The van der Waals surface area contributed by atoms with Gasteiger partial charge >= 0.3 is 6.09 Å². The Balaban J connectivity index is 1.76. The Kier molecular flexibility index (Phi) is 8.25. The molecule has 1 saturated carbocycles. The Labute approximate surface area is 203 Å². The van der Waals surface area contributed by atoms with Crippen LogP contribution >= 0.6 is 11.8 Å². The van der Waals surface area contributed by atoms with Gasteiger partial charge in [-0.3, -0.25) is 9.69 Å². The predicted molar refractivity (Wildman–Crippen MR) is 137 cm³/mol. The second-order valence-electron chi connectivity index (χ2n) is 10.9. The Morgan fingerprint density at radius 2 is 1.94 bits per heavy atom. The van der Waals surface area contributed by atoms with Crippen molar-refractivity contribution in [3.8, 4) is 0 Å². The van der Waals surface area contributed by atoms with Gasteiger partial charge in [-0.2, -0.15) is 0 Å². The lowest BCUT2D eigenvalue weighted by Crippen LogP contribution is -2.45. The molecule has 0 saturated heterocycles. The number of thioether (sulfide) groups is 1.